The highest BCUT2D eigenvalue weighted by molar-refractivity contribution is 7.26. The third-order valence-corrected chi connectivity index (χ3v) is 9.41. The van der Waals surface area contributed by atoms with Crippen molar-refractivity contribution in [1.82, 2.24) is 15.0 Å². The van der Waals surface area contributed by atoms with Crippen LogP contribution in [0.15, 0.2) is 140 Å². The zero-order valence-electron chi connectivity index (χ0n) is 23.0. The number of fused-ring (bicyclic) bond motifs is 7. The standard InChI is InChI=1S/C39H23N3S/c1-2-11-24(12-3-1)39-41-36(38-37(42-39)30-18-7-9-20-35(30)43-38)27-15-10-14-25(21-27)31-23-34-32(29-17-6-5-16-28(29)31)22-26-13-4-8-19-33(26)40-34/h1-23H. The molecule has 0 aliphatic rings. The Morgan fingerprint density at radius 2 is 1.16 bits per heavy atom. The van der Waals surface area contributed by atoms with Gasteiger partial charge in [-0.05, 0) is 52.2 Å². The van der Waals surface area contributed by atoms with E-state index in [1.807, 2.05) is 24.3 Å². The smallest absolute Gasteiger partial charge is 0.160 e. The summed E-state index contributed by atoms with van der Waals surface area (Å²) in [7, 11) is 0. The first-order chi connectivity index (χ1) is 21.3. The first-order valence-corrected chi connectivity index (χ1v) is 15.2. The van der Waals surface area contributed by atoms with Gasteiger partial charge in [0.1, 0.15) is 0 Å². The lowest BCUT2D eigenvalue weighted by Crippen LogP contribution is -1.94. The van der Waals surface area contributed by atoms with Crippen molar-refractivity contribution >= 4 is 64.2 Å². The molecule has 9 rings (SSSR count). The lowest BCUT2D eigenvalue weighted by Gasteiger charge is -2.13. The number of pyridine rings is 1. The molecule has 6 aromatic carbocycles. The molecule has 0 bridgehead atoms. The van der Waals surface area contributed by atoms with Gasteiger partial charge < -0.3 is 0 Å². The number of thiophene rings is 1. The van der Waals surface area contributed by atoms with E-state index in [4.69, 9.17) is 15.0 Å². The molecule has 0 radical (unpaired) electrons. The predicted molar refractivity (Wildman–Crippen MR) is 182 cm³/mol. The number of nitrogens with zero attached hydrogens (tertiary/aromatic N) is 3. The number of hydrogen-bond acceptors (Lipinski definition) is 4. The Hall–Kier alpha value is -5.45. The van der Waals surface area contributed by atoms with E-state index in [1.54, 1.807) is 11.3 Å². The molecule has 0 fully saturated rings. The summed E-state index contributed by atoms with van der Waals surface area (Å²) in [5, 5.41) is 5.91. The Morgan fingerprint density at radius 3 is 2.07 bits per heavy atom. The third-order valence-electron chi connectivity index (χ3n) is 8.24. The summed E-state index contributed by atoms with van der Waals surface area (Å²) >= 11 is 1.76. The zero-order chi connectivity index (χ0) is 28.3. The van der Waals surface area contributed by atoms with E-state index in [1.165, 1.54) is 26.2 Å². The summed E-state index contributed by atoms with van der Waals surface area (Å²) in [6.07, 6.45) is 0. The quantitative estimate of drug-likeness (QED) is 0.158. The minimum atomic E-state index is 0.740. The van der Waals surface area contributed by atoms with Crippen molar-refractivity contribution in [3.8, 4) is 33.8 Å². The minimum Gasteiger partial charge on any atom is -0.248 e. The second-order valence-electron chi connectivity index (χ2n) is 10.8. The van der Waals surface area contributed by atoms with E-state index in [-0.39, 0.29) is 0 Å². The molecule has 9 aromatic rings. The molecule has 0 atom stereocenters. The van der Waals surface area contributed by atoms with Crippen LogP contribution >= 0.6 is 11.3 Å². The van der Waals surface area contributed by atoms with Crippen molar-refractivity contribution in [2.24, 2.45) is 0 Å². The van der Waals surface area contributed by atoms with Gasteiger partial charge in [0.25, 0.3) is 0 Å². The second kappa shape index (κ2) is 9.55. The van der Waals surface area contributed by atoms with Gasteiger partial charge in [0.15, 0.2) is 5.82 Å². The van der Waals surface area contributed by atoms with Crippen LogP contribution < -0.4 is 0 Å². The number of hydrogen-bond donors (Lipinski definition) is 0. The molecule has 3 nitrogen and oxygen atoms in total. The lowest BCUT2D eigenvalue weighted by atomic mass is 9.93. The molecule has 0 aliphatic heterocycles. The molecule has 4 heteroatoms. The van der Waals surface area contributed by atoms with Crippen LogP contribution in [-0.4, -0.2) is 15.0 Å². The van der Waals surface area contributed by atoms with Gasteiger partial charge in [0, 0.05) is 32.0 Å². The third kappa shape index (κ3) is 3.92. The largest absolute Gasteiger partial charge is 0.248 e. The van der Waals surface area contributed by atoms with Gasteiger partial charge >= 0.3 is 0 Å². The highest BCUT2D eigenvalue weighted by Crippen LogP contribution is 2.41. The summed E-state index contributed by atoms with van der Waals surface area (Å²) in [5.74, 6) is 0.740. The van der Waals surface area contributed by atoms with Gasteiger partial charge in [-0.25, -0.2) is 15.0 Å². The molecule has 3 aromatic heterocycles. The zero-order valence-corrected chi connectivity index (χ0v) is 23.8. The van der Waals surface area contributed by atoms with Gasteiger partial charge in [-0.15, -0.1) is 11.3 Å². The fraction of sp³-hybridized carbons (Fsp3) is 0. The SMILES string of the molecule is c1ccc(-c2nc(-c3cccc(-c4cc5nc6ccccc6cc5c5ccccc45)c3)c3sc4ccccc4c3n2)cc1. The van der Waals surface area contributed by atoms with Crippen molar-refractivity contribution in [3.63, 3.8) is 0 Å². The Labute approximate surface area is 251 Å². The molecule has 0 spiro atoms. The average Bonchev–Trinajstić information content (AvgIpc) is 3.46. The predicted octanol–water partition coefficient (Wildman–Crippen LogP) is 10.7. The Morgan fingerprint density at radius 1 is 0.442 bits per heavy atom. The van der Waals surface area contributed by atoms with Crippen molar-refractivity contribution in [2.45, 2.75) is 0 Å². The monoisotopic (exact) mass is 565 g/mol. The summed E-state index contributed by atoms with van der Waals surface area (Å²) in [5.41, 5.74) is 8.35. The normalized spacial score (nSPS) is 11.7. The van der Waals surface area contributed by atoms with Gasteiger partial charge in [-0.1, -0.05) is 109 Å². The fourth-order valence-electron chi connectivity index (χ4n) is 6.20. The van der Waals surface area contributed by atoms with Gasteiger partial charge in [-0.2, -0.15) is 0 Å². The van der Waals surface area contributed by atoms with Gasteiger partial charge in [-0.3, -0.25) is 0 Å². The van der Waals surface area contributed by atoms with Crippen LogP contribution in [0.4, 0.5) is 0 Å². The molecule has 0 unspecified atom stereocenters. The first kappa shape index (κ1) is 24.2. The van der Waals surface area contributed by atoms with Crippen LogP contribution in [0.2, 0.25) is 0 Å². The van der Waals surface area contributed by atoms with Crippen LogP contribution in [0.5, 0.6) is 0 Å². The maximum Gasteiger partial charge on any atom is 0.160 e. The summed E-state index contributed by atoms with van der Waals surface area (Å²) in [6.45, 7) is 0. The van der Waals surface area contributed by atoms with Gasteiger partial charge in [0.2, 0.25) is 0 Å². The van der Waals surface area contributed by atoms with E-state index in [0.717, 1.165) is 60.4 Å². The summed E-state index contributed by atoms with van der Waals surface area (Å²) < 4.78 is 2.32. The Bertz CT molecular complexity index is 2510. The summed E-state index contributed by atoms with van der Waals surface area (Å²) in [4.78, 5) is 15.4. The molecule has 0 aliphatic carbocycles. The number of benzene rings is 6. The van der Waals surface area contributed by atoms with Crippen molar-refractivity contribution in [1.29, 1.82) is 0 Å². The summed E-state index contributed by atoms with van der Waals surface area (Å²) in [6, 6.07) is 49.0. The van der Waals surface area contributed by atoms with Gasteiger partial charge in [0.05, 0.1) is 26.9 Å². The van der Waals surface area contributed by atoms with Crippen LogP contribution in [-0.2, 0) is 0 Å². The first-order valence-electron chi connectivity index (χ1n) is 14.4. The Kier molecular flexibility index (Phi) is 5.37. The van der Waals surface area contributed by atoms with E-state index in [0.29, 0.717) is 0 Å². The number of rotatable bonds is 3. The number of aromatic nitrogens is 3. The topological polar surface area (TPSA) is 38.7 Å². The van der Waals surface area contributed by atoms with Crippen LogP contribution in [0.3, 0.4) is 0 Å². The maximum atomic E-state index is 5.20. The molecule has 200 valence electrons. The maximum absolute atomic E-state index is 5.20. The lowest BCUT2D eigenvalue weighted by molar-refractivity contribution is 1.24. The average molecular weight is 566 g/mol. The fourth-order valence-corrected chi connectivity index (χ4v) is 7.35. The van der Waals surface area contributed by atoms with Crippen LogP contribution in [0.1, 0.15) is 0 Å². The van der Waals surface area contributed by atoms with E-state index in [9.17, 15) is 0 Å². The van der Waals surface area contributed by atoms with Crippen molar-refractivity contribution in [2.75, 3.05) is 0 Å². The second-order valence-corrected chi connectivity index (χ2v) is 11.9. The molecule has 0 amide bonds. The minimum absolute atomic E-state index is 0.740. The van der Waals surface area contributed by atoms with Crippen LogP contribution in [0, 0.1) is 0 Å². The van der Waals surface area contributed by atoms with Crippen LogP contribution in [0.25, 0.3) is 86.7 Å². The molecule has 3 heterocycles. The molecule has 0 N–H and O–H groups in total. The Balaban J connectivity index is 1.30. The van der Waals surface area contributed by atoms with Crippen molar-refractivity contribution < 1.29 is 0 Å². The van der Waals surface area contributed by atoms with E-state index >= 15 is 0 Å². The van der Waals surface area contributed by atoms with E-state index in [2.05, 4.69) is 115 Å². The van der Waals surface area contributed by atoms with Crippen molar-refractivity contribution in [3.05, 3.63) is 140 Å². The van der Waals surface area contributed by atoms with E-state index < -0.39 is 0 Å². The molecule has 43 heavy (non-hydrogen) atoms. The molecular weight excluding hydrogens is 543 g/mol. The molecule has 0 saturated carbocycles. The highest BCUT2D eigenvalue weighted by Gasteiger charge is 2.18. The number of para-hydroxylation sites is 1. The molecule has 0 saturated heterocycles. The molecular formula is C39H23N3S. The highest BCUT2D eigenvalue weighted by atomic mass is 32.1.